The highest BCUT2D eigenvalue weighted by Gasteiger charge is 2.25. The van der Waals surface area contributed by atoms with Gasteiger partial charge in [0.25, 0.3) is 0 Å². The number of esters is 1. The first-order chi connectivity index (χ1) is 9.28. The first kappa shape index (κ1) is 16.1. The molecule has 1 rings (SSSR count). The summed E-state index contributed by atoms with van der Waals surface area (Å²) in [5.74, 6) is 0.945. The van der Waals surface area contributed by atoms with Gasteiger partial charge in [-0.25, -0.2) is 4.79 Å². The second-order valence-corrected chi connectivity index (χ2v) is 5.29. The number of rotatable bonds is 5. The highest BCUT2D eigenvalue weighted by molar-refractivity contribution is 5.75. The van der Waals surface area contributed by atoms with E-state index in [0.717, 1.165) is 0 Å². The van der Waals surface area contributed by atoms with Crippen molar-refractivity contribution in [1.82, 2.24) is 0 Å². The lowest BCUT2D eigenvalue weighted by atomic mass is 10.2. The van der Waals surface area contributed by atoms with E-state index in [1.165, 1.54) is 14.2 Å². The van der Waals surface area contributed by atoms with E-state index in [1.54, 1.807) is 45.9 Å². The Labute approximate surface area is 119 Å². The lowest BCUT2D eigenvalue weighted by Crippen LogP contribution is -2.33. The Morgan fingerprint density at radius 1 is 1.10 bits per heavy atom. The van der Waals surface area contributed by atoms with E-state index in [9.17, 15) is 4.79 Å². The van der Waals surface area contributed by atoms with Crippen LogP contribution in [-0.4, -0.2) is 31.9 Å². The molecule has 0 bridgehead atoms. The van der Waals surface area contributed by atoms with Crippen LogP contribution in [0.4, 0.5) is 0 Å². The Kier molecular flexibility index (Phi) is 5.25. The first-order valence-electron chi connectivity index (χ1n) is 6.39. The molecule has 0 saturated heterocycles. The van der Waals surface area contributed by atoms with Crippen LogP contribution in [0.2, 0.25) is 0 Å². The number of methoxy groups -OCH3 is 2. The van der Waals surface area contributed by atoms with Crippen molar-refractivity contribution in [3.63, 3.8) is 0 Å². The fraction of sp³-hybridized carbons (Fsp3) is 0.533. The standard InChI is InChI=1S/C15H22O5/c1-10(14(16)20-15(2,3)4)19-13-11(17-5)8-7-9-12(13)18-6/h7-10H,1-6H3. The lowest BCUT2D eigenvalue weighted by Gasteiger charge is -2.23. The Balaban J connectivity index is 2.90. The zero-order chi connectivity index (χ0) is 15.3. The summed E-state index contributed by atoms with van der Waals surface area (Å²) >= 11 is 0. The average molecular weight is 282 g/mol. The SMILES string of the molecule is COc1cccc(OC)c1OC(C)C(=O)OC(C)(C)C. The van der Waals surface area contributed by atoms with E-state index < -0.39 is 17.7 Å². The molecule has 0 amide bonds. The van der Waals surface area contributed by atoms with E-state index in [2.05, 4.69) is 0 Å². The van der Waals surface area contributed by atoms with Gasteiger partial charge in [0.1, 0.15) is 5.60 Å². The highest BCUT2D eigenvalue weighted by Crippen LogP contribution is 2.37. The largest absolute Gasteiger partial charge is 0.493 e. The van der Waals surface area contributed by atoms with Crippen LogP contribution in [-0.2, 0) is 9.53 Å². The molecule has 20 heavy (non-hydrogen) atoms. The van der Waals surface area contributed by atoms with Crippen molar-refractivity contribution >= 4 is 5.97 Å². The van der Waals surface area contributed by atoms with Crippen LogP contribution in [0.5, 0.6) is 17.2 Å². The third kappa shape index (κ3) is 4.33. The molecule has 5 nitrogen and oxygen atoms in total. The molecule has 0 saturated carbocycles. The van der Waals surface area contributed by atoms with Crippen LogP contribution >= 0.6 is 0 Å². The van der Waals surface area contributed by atoms with Crippen LogP contribution in [0.1, 0.15) is 27.7 Å². The van der Waals surface area contributed by atoms with Gasteiger partial charge in [0, 0.05) is 0 Å². The van der Waals surface area contributed by atoms with Crippen molar-refractivity contribution in [2.45, 2.75) is 39.4 Å². The molecule has 0 heterocycles. The van der Waals surface area contributed by atoms with E-state index in [4.69, 9.17) is 18.9 Å². The Morgan fingerprint density at radius 3 is 2.00 bits per heavy atom. The zero-order valence-electron chi connectivity index (χ0n) is 12.9. The van der Waals surface area contributed by atoms with Gasteiger partial charge in [-0.1, -0.05) is 6.07 Å². The topological polar surface area (TPSA) is 54.0 Å². The van der Waals surface area contributed by atoms with Gasteiger partial charge in [0.2, 0.25) is 5.75 Å². The molecule has 1 atom stereocenters. The van der Waals surface area contributed by atoms with E-state index in [-0.39, 0.29) is 0 Å². The average Bonchev–Trinajstić information content (AvgIpc) is 2.36. The molecule has 0 aromatic heterocycles. The number of benzene rings is 1. The Bertz CT molecular complexity index is 440. The number of para-hydroxylation sites is 1. The van der Waals surface area contributed by atoms with Gasteiger partial charge in [-0.2, -0.15) is 0 Å². The molecule has 0 fully saturated rings. The van der Waals surface area contributed by atoms with Gasteiger partial charge >= 0.3 is 5.97 Å². The maximum absolute atomic E-state index is 11.9. The molecule has 0 N–H and O–H groups in total. The van der Waals surface area contributed by atoms with Crippen molar-refractivity contribution in [1.29, 1.82) is 0 Å². The number of hydrogen-bond acceptors (Lipinski definition) is 5. The third-order valence-electron chi connectivity index (χ3n) is 2.42. The Hall–Kier alpha value is -1.91. The number of ether oxygens (including phenoxy) is 4. The van der Waals surface area contributed by atoms with Crippen molar-refractivity contribution in [2.75, 3.05) is 14.2 Å². The minimum absolute atomic E-state index is 0.385. The monoisotopic (exact) mass is 282 g/mol. The highest BCUT2D eigenvalue weighted by atomic mass is 16.6. The summed E-state index contributed by atoms with van der Waals surface area (Å²) < 4.78 is 21.3. The molecule has 1 unspecified atom stereocenters. The summed E-state index contributed by atoms with van der Waals surface area (Å²) in [7, 11) is 3.06. The van der Waals surface area contributed by atoms with Crippen molar-refractivity contribution in [3.05, 3.63) is 18.2 Å². The second kappa shape index (κ2) is 6.50. The fourth-order valence-corrected chi connectivity index (χ4v) is 1.54. The van der Waals surface area contributed by atoms with Gasteiger partial charge in [0.05, 0.1) is 14.2 Å². The molecule has 112 valence electrons. The summed E-state index contributed by atoms with van der Waals surface area (Å²) in [4.78, 5) is 11.9. The summed E-state index contributed by atoms with van der Waals surface area (Å²) in [6.07, 6.45) is -0.764. The van der Waals surface area contributed by atoms with Crippen LogP contribution in [0, 0.1) is 0 Å². The van der Waals surface area contributed by atoms with E-state index in [1.807, 2.05) is 0 Å². The zero-order valence-corrected chi connectivity index (χ0v) is 12.9. The Morgan fingerprint density at radius 2 is 1.60 bits per heavy atom. The fourth-order valence-electron chi connectivity index (χ4n) is 1.54. The summed E-state index contributed by atoms with van der Waals surface area (Å²) in [6.45, 7) is 7.05. The van der Waals surface area contributed by atoms with Gasteiger partial charge in [-0.05, 0) is 39.8 Å². The van der Waals surface area contributed by atoms with Crippen LogP contribution in [0.15, 0.2) is 18.2 Å². The van der Waals surface area contributed by atoms with Crippen LogP contribution in [0.25, 0.3) is 0 Å². The minimum atomic E-state index is -0.764. The molecule has 1 aromatic carbocycles. The van der Waals surface area contributed by atoms with Gasteiger partial charge in [0.15, 0.2) is 17.6 Å². The second-order valence-electron chi connectivity index (χ2n) is 5.29. The molecule has 0 aliphatic heterocycles. The molecule has 0 radical (unpaired) electrons. The van der Waals surface area contributed by atoms with Gasteiger partial charge in [-0.15, -0.1) is 0 Å². The van der Waals surface area contributed by atoms with Crippen LogP contribution < -0.4 is 14.2 Å². The predicted octanol–water partition coefficient (Wildman–Crippen LogP) is 2.81. The minimum Gasteiger partial charge on any atom is -0.493 e. The normalized spacial score (nSPS) is 12.5. The number of carbonyl (C=O) groups is 1. The first-order valence-corrected chi connectivity index (χ1v) is 6.39. The van der Waals surface area contributed by atoms with E-state index in [0.29, 0.717) is 17.2 Å². The number of carbonyl (C=O) groups excluding carboxylic acids is 1. The number of hydrogen-bond donors (Lipinski definition) is 0. The third-order valence-corrected chi connectivity index (χ3v) is 2.42. The molecule has 1 aromatic rings. The van der Waals surface area contributed by atoms with E-state index >= 15 is 0 Å². The van der Waals surface area contributed by atoms with Crippen LogP contribution in [0.3, 0.4) is 0 Å². The molecular formula is C15H22O5. The summed E-state index contributed by atoms with van der Waals surface area (Å²) in [6, 6.07) is 5.25. The molecule has 0 aliphatic carbocycles. The van der Waals surface area contributed by atoms with Gasteiger partial charge in [-0.3, -0.25) is 0 Å². The summed E-state index contributed by atoms with van der Waals surface area (Å²) in [5, 5.41) is 0. The molecule has 0 spiro atoms. The lowest BCUT2D eigenvalue weighted by molar-refractivity contribution is -0.162. The predicted molar refractivity (Wildman–Crippen MR) is 75.5 cm³/mol. The maximum atomic E-state index is 11.9. The van der Waals surface area contributed by atoms with Crippen molar-refractivity contribution in [3.8, 4) is 17.2 Å². The molecule has 0 aliphatic rings. The van der Waals surface area contributed by atoms with Crippen molar-refractivity contribution in [2.24, 2.45) is 0 Å². The van der Waals surface area contributed by atoms with Crippen molar-refractivity contribution < 1.29 is 23.7 Å². The molecular weight excluding hydrogens is 260 g/mol. The quantitative estimate of drug-likeness (QED) is 0.777. The maximum Gasteiger partial charge on any atom is 0.347 e. The summed E-state index contributed by atoms with van der Waals surface area (Å²) in [5.41, 5.74) is -0.556. The smallest absolute Gasteiger partial charge is 0.347 e. The van der Waals surface area contributed by atoms with Gasteiger partial charge < -0.3 is 18.9 Å². The molecule has 5 heteroatoms.